The van der Waals surface area contributed by atoms with Crippen LogP contribution in [0.3, 0.4) is 0 Å². The van der Waals surface area contributed by atoms with Crippen molar-refractivity contribution in [2.45, 2.75) is 31.8 Å². The van der Waals surface area contributed by atoms with Crippen molar-refractivity contribution < 1.29 is 27.5 Å². The van der Waals surface area contributed by atoms with Crippen molar-refractivity contribution >= 4 is 27.6 Å². The molecule has 0 aliphatic heterocycles. The fourth-order valence-corrected chi connectivity index (χ4v) is 3.80. The molecule has 8 heteroatoms. The highest BCUT2D eigenvalue weighted by Gasteiger charge is 2.24. The van der Waals surface area contributed by atoms with E-state index in [2.05, 4.69) is 9.46 Å². The van der Waals surface area contributed by atoms with E-state index in [0.717, 1.165) is 5.56 Å². The fraction of sp³-hybridized carbons (Fsp3) is 0.263. The zero-order valence-corrected chi connectivity index (χ0v) is 16.3. The molecule has 0 bridgehead atoms. The molecule has 0 saturated carbocycles. The zero-order chi connectivity index (χ0) is 20.2. The van der Waals surface area contributed by atoms with Crippen LogP contribution in [-0.2, 0) is 24.3 Å². The third-order valence-corrected chi connectivity index (χ3v) is 5.35. The number of esters is 2. The van der Waals surface area contributed by atoms with Crippen molar-refractivity contribution in [3.8, 4) is 0 Å². The Kier molecular flexibility index (Phi) is 6.22. The molecular weight excluding hydrogens is 370 g/mol. The first kappa shape index (κ1) is 20.4. The molecule has 2 aromatic rings. The van der Waals surface area contributed by atoms with Gasteiger partial charge in [-0.25, -0.2) is 18.0 Å². The summed E-state index contributed by atoms with van der Waals surface area (Å²) >= 11 is 0. The van der Waals surface area contributed by atoms with Gasteiger partial charge >= 0.3 is 11.9 Å². The van der Waals surface area contributed by atoms with Crippen LogP contribution in [0.5, 0.6) is 0 Å². The number of sulfonamides is 1. The summed E-state index contributed by atoms with van der Waals surface area (Å²) in [5, 5.41) is 0. The van der Waals surface area contributed by atoms with E-state index in [9.17, 15) is 18.0 Å². The van der Waals surface area contributed by atoms with E-state index >= 15 is 0 Å². The number of carbonyl (C=O) groups excluding carboxylic acids is 2. The Labute approximate surface area is 158 Å². The number of benzene rings is 2. The summed E-state index contributed by atoms with van der Waals surface area (Å²) in [5.41, 5.74) is 1.41. The minimum absolute atomic E-state index is 0.0119. The normalized spacial score (nSPS) is 12.1. The molecule has 2 rings (SSSR count). The Balaban J connectivity index is 2.34. The fourth-order valence-electron chi connectivity index (χ4n) is 2.38. The summed E-state index contributed by atoms with van der Waals surface area (Å²) in [7, 11) is -2.74. The Morgan fingerprint density at radius 3 is 2.41 bits per heavy atom. The third-order valence-electron chi connectivity index (χ3n) is 3.84. The monoisotopic (exact) mass is 391 g/mol. The number of ether oxygens (including phenoxy) is 2. The van der Waals surface area contributed by atoms with Crippen molar-refractivity contribution in [1.29, 1.82) is 0 Å². The number of methoxy groups -OCH3 is 1. The van der Waals surface area contributed by atoms with Gasteiger partial charge in [-0.2, -0.15) is 0 Å². The lowest BCUT2D eigenvalue weighted by Gasteiger charge is -2.15. The van der Waals surface area contributed by atoms with Crippen molar-refractivity contribution in [3.63, 3.8) is 0 Å². The summed E-state index contributed by atoms with van der Waals surface area (Å²) in [6.07, 6.45) is -1.12. The lowest BCUT2D eigenvalue weighted by molar-refractivity contribution is -0.149. The number of para-hydroxylation sites is 1. The average Bonchev–Trinajstić information content (AvgIpc) is 2.62. The Morgan fingerprint density at radius 1 is 1.07 bits per heavy atom. The predicted octanol–water partition coefficient (Wildman–Crippen LogP) is 2.82. The number of aryl methyl sites for hydroxylation is 2. The lowest BCUT2D eigenvalue weighted by atomic mass is 10.2. The smallest absolute Gasteiger partial charge is 0.346 e. The van der Waals surface area contributed by atoms with Crippen LogP contribution in [0.25, 0.3) is 0 Å². The van der Waals surface area contributed by atoms with Gasteiger partial charge in [0.1, 0.15) is 0 Å². The van der Waals surface area contributed by atoms with E-state index in [-0.39, 0.29) is 16.1 Å². The van der Waals surface area contributed by atoms with Gasteiger partial charge in [-0.15, -0.1) is 0 Å². The molecule has 0 aliphatic rings. The van der Waals surface area contributed by atoms with E-state index in [4.69, 9.17) is 4.74 Å². The molecule has 0 amide bonds. The second-order valence-electron chi connectivity index (χ2n) is 5.99. The van der Waals surface area contributed by atoms with Gasteiger partial charge in [0.15, 0.2) is 6.10 Å². The summed E-state index contributed by atoms with van der Waals surface area (Å²) < 4.78 is 37.6. The summed E-state index contributed by atoms with van der Waals surface area (Å²) in [6.45, 7) is 4.84. The highest BCUT2D eigenvalue weighted by Crippen LogP contribution is 2.24. The van der Waals surface area contributed by atoms with Crippen molar-refractivity contribution in [2.24, 2.45) is 0 Å². The molecule has 27 heavy (non-hydrogen) atoms. The quantitative estimate of drug-likeness (QED) is 0.760. The molecule has 0 aliphatic carbocycles. The predicted molar refractivity (Wildman–Crippen MR) is 100 cm³/mol. The van der Waals surface area contributed by atoms with Crippen LogP contribution in [0.1, 0.15) is 28.4 Å². The van der Waals surface area contributed by atoms with E-state index in [1.165, 1.54) is 26.2 Å². The van der Waals surface area contributed by atoms with Crippen LogP contribution in [0.4, 0.5) is 5.69 Å². The summed E-state index contributed by atoms with van der Waals surface area (Å²) in [5.74, 6) is -1.55. The maximum atomic E-state index is 12.8. The van der Waals surface area contributed by atoms with Gasteiger partial charge in [-0.3, -0.25) is 4.72 Å². The summed E-state index contributed by atoms with van der Waals surface area (Å²) in [6, 6.07) is 11.1. The Morgan fingerprint density at radius 2 is 1.74 bits per heavy atom. The molecule has 7 nitrogen and oxygen atoms in total. The minimum atomic E-state index is -3.92. The van der Waals surface area contributed by atoms with Gasteiger partial charge in [0.25, 0.3) is 10.0 Å². The van der Waals surface area contributed by atoms with Gasteiger partial charge in [-0.05, 0) is 50.1 Å². The van der Waals surface area contributed by atoms with E-state index < -0.39 is 28.1 Å². The first-order valence-corrected chi connectivity index (χ1v) is 9.62. The second-order valence-corrected chi connectivity index (χ2v) is 7.64. The molecule has 1 atom stereocenters. The van der Waals surface area contributed by atoms with E-state index in [1.54, 1.807) is 38.1 Å². The molecule has 0 heterocycles. The molecule has 0 saturated heterocycles. The van der Waals surface area contributed by atoms with Crippen LogP contribution < -0.4 is 4.72 Å². The third kappa shape index (κ3) is 4.85. The molecule has 2 aromatic carbocycles. The molecule has 0 aromatic heterocycles. The Bertz CT molecular complexity index is 968. The molecule has 1 N–H and O–H groups in total. The van der Waals surface area contributed by atoms with Gasteiger partial charge in [0.2, 0.25) is 0 Å². The van der Waals surface area contributed by atoms with Crippen molar-refractivity contribution in [2.75, 3.05) is 11.8 Å². The van der Waals surface area contributed by atoms with Crippen LogP contribution in [-0.4, -0.2) is 33.6 Å². The molecule has 0 fully saturated rings. The standard InChI is InChI=1S/C19H21NO6S/c1-12-9-10-13(2)17(11-12)27(23,24)20-16-8-6-5-7-15(16)19(22)26-14(3)18(21)25-4/h5-11,14,20H,1-4H3/t14-/m1/s1. The van der Waals surface area contributed by atoms with Crippen LogP contribution >= 0.6 is 0 Å². The van der Waals surface area contributed by atoms with Crippen LogP contribution in [0.2, 0.25) is 0 Å². The second kappa shape index (κ2) is 8.22. The SMILES string of the molecule is COC(=O)[C@@H](C)OC(=O)c1ccccc1NS(=O)(=O)c1cc(C)ccc1C. The number of anilines is 1. The Hall–Kier alpha value is -2.87. The number of hydrogen-bond donors (Lipinski definition) is 1. The summed E-state index contributed by atoms with van der Waals surface area (Å²) in [4.78, 5) is 23.9. The highest BCUT2D eigenvalue weighted by atomic mass is 32.2. The molecule has 0 unspecified atom stereocenters. The molecule has 0 spiro atoms. The average molecular weight is 391 g/mol. The first-order valence-electron chi connectivity index (χ1n) is 8.13. The lowest BCUT2D eigenvalue weighted by Crippen LogP contribution is -2.26. The van der Waals surface area contributed by atoms with Gasteiger partial charge in [0.05, 0.1) is 23.3 Å². The largest absolute Gasteiger partial charge is 0.466 e. The molecular formula is C19H21NO6S. The van der Waals surface area contributed by atoms with Gasteiger partial charge in [0, 0.05) is 0 Å². The van der Waals surface area contributed by atoms with Gasteiger partial charge < -0.3 is 9.47 Å². The molecule has 144 valence electrons. The van der Waals surface area contributed by atoms with Crippen molar-refractivity contribution in [3.05, 3.63) is 59.2 Å². The minimum Gasteiger partial charge on any atom is -0.466 e. The highest BCUT2D eigenvalue weighted by molar-refractivity contribution is 7.92. The maximum Gasteiger partial charge on any atom is 0.346 e. The van der Waals surface area contributed by atoms with Crippen LogP contribution in [0, 0.1) is 13.8 Å². The zero-order valence-electron chi connectivity index (χ0n) is 15.5. The van der Waals surface area contributed by atoms with Crippen molar-refractivity contribution in [1.82, 2.24) is 0 Å². The van der Waals surface area contributed by atoms with E-state index in [1.807, 2.05) is 6.07 Å². The number of rotatable bonds is 6. The number of nitrogens with one attached hydrogen (secondary N) is 1. The number of hydrogen-bond acceptors (Lipinski definition) is 6. The number of carbonyl (C=O) groups is 2. The maximum absolute atomic E-state index is 12.8. The first-order chi connectivity index (χ1) is 12.7. The van der Waals surface area contributed by atoms with Crippen LogP contribution in [0.15, 0.2) is 47.4 Å². The van der Waals surface area contributed by atoms with E-state index in [0.29, 0.717) is 5.56 Å². The topological polar surface area (TPSA) is 98.8 Å². The van der Waals surface area contributed by atoms with Gasteiger partial charge in [-0.1, -0.05) is 24.3 Å². The molecule has 0 radical (unpaired) electrons.